The summed E-state index contributed by atoms with van der Waals surface area (Å²) >= 11 is 6.27. The number of aromatic nitrogens is 2. The monoisotopic (exact) mass is 336 g/mol. The fourth-order valence-electron chi connectivity index (χ4n) is 2.29. The average molecular weight is 337 g/mol. The molecule has 2 rings (SSSR count). The van der Waals surface area contributed by atoms with Gasteiger partial charge in [0, 0.05) is 40.3 Å². The molecule has 126 valence electrons. The number of hydrogen-bond donors (Lipinski definition) is 1. The van der Waals surface area contributed by atoms with Gasteiger partial charge < -0.3 is 15.2 Å². The van der Waals surface area contributed by atoms with Crippen LogP contribution in [0, 0.1) is 0 Å². The lowest BCUT2D eigenvalue weighted by atomic mass is 10.1. The lowest BCUT2D eigenvalue weighted by molar-refractivity contribution is 0.0794. The van der Waals surface area contributed by atoms with Crippen LogP contribution in [0.2, 0.25) is 5.02 Å². The van der Waals surface area contributed by atoms with Gasteiger partial charge in [0.1, 0.15) is 0 Å². The summed E-state index contributed by atoms with van der Waals surface area (Å²) in [6, 6.07) is 0.244. The summed E-state index contributed by atoms with van der Waals surface area (Å²) < 4.78 is 0. The van der Waals surface area contributed by atoms with Gasteiger partial charge in [-0.3, -0.25) is 0 Å². The summed E-state index contributed by atoms with van der Waals surface area (Å²) in [6.07, 6.45) is 7.76. The van der Waals surface area contributed by atoms with Crippen LogP contribution in [-0.2, 0) is 0 Å². The summed E-state index contributed by atoms with van der Waals surface area (Å²) in [4.78, 5) is 10.9. The molecule has 0 amide bonds. The number of hydrazine groups is 1. The number of anilines is 1. The van der Waals surface area contributed by atoms with Crippen molar-refractivity contribution in [3.8, 4) is 0 Å². The van der Waals surface area contributed by atoms with Crippen LogP contribution in [-0.4, -0.2) is 59.1 Å². The van der Waals surface area contributed by atoms with Crippen LogP contribution in [0.3, 0.4) is 0 Å². The van der Waals surface area contributed by atoms with E-state index >= 15 is 0 Å². The molecule has 0 fully saturated rings. The molecule has 2 atom stereocenters. The SMILES string of the molecule is CC(/C=C\N(C)C)c1nc(NC2=CN(C)N(C)C2C)ncc1Cl. The lowest BCUT2D eigenvalue weighted by Gasteiger charge is -2.24. The molecule has 0 aromatic carbocycles. The first kappa shape index (κ1) is 17.6. The van der Waals surface area contributed by atoms with Gasteiger partial charge in [-0.25, -0.2) is 15.0 Å². The third kappa shape index (κ3) is 4.14. The van der Waals surface area contributed by atoms with E-state index in [1.54, 1.807) is 6.20 Å². The van der Waals surface area contributed by atoms with Gasteiger partial charge in [-0.2, -0.15) is 0 Å². The molecule has 0 bridgehead atoms. The second-order valence-electron chi connectivity index (χ2n) is 6.05. The van der Waals surface area contributed by atoms with Gasteiger partial charge in [-0.05, 0) is 13.1 Å². The third-order valence-electron chi connectivity index (χ3n) is 3.97. The van der Waals surface area contributed by atoms with Crippen LogP contribution in [0.4, 0.5) is 5.95 Å². The summed E-state index contributed by atoms with van der Waals surface area (Å²) in [6.45, 7) is 4.19. The van der Waals surface area contributed by atoms with E-state index in [2.05, 4.69) is 40.2 Å². The van der Waals surface area contributed by atoms with Gasteiger partial charge >= 0.3 is 0 Å². The van der Waals surface area contributed by atoms with E-state index in [4.69, 9.17) is 11.6 Å². The maximum Gasteiger partial charge on any atom is 0.227 e. The Balaban J connectivity index is 2.19. The largest absolute Gasteiger partial charge is 0.384 e. The molecular weight excluding hydrogens is 312 g/mol. The summed E-state index contributed by atoms with van der Waals surface area (Å²) in [5, 5.41) is 8.04. The van der Waals surface area contributed by atoms with Crippen LogP contribution in [0.1, 0.15) is 25.5 Å². The van der Waals surface area contributed by atoms with Crippen molar-refractivity contribution >= 4 is 17.5 Å². The molecule has 7 heteroatoms. The number of allylic oxidation sites excluding steroid dienone is 1. The Morgan fingerprint density at radius 1 is 1.39 bits per heavy atom. The van der Waals surface area contributed by atoms with Gasteiger partial charge in [0.2, 0.25) is 5.95 Å². The Bertz CT molecular complexity index is 613. The molecule has 2 heterocycles. The van der Waals surface area contributed by atoms with Gasteiger partial charge in [0.25, 0.3) is 0 Å². The predicted octanol–water partition coefficient (Wildman–Crippen LogP) is 2.74. The Labute approximate surface area is 143 Å². The maximum absolute atomic E-state index is 6.27. The number of halogens is 1. The van der Waals surface area contributed by atoms with Crippen molar-refractivity contribution in [2.45, 2.75) is 25.8 Å². The number of nitrogens with one attached hydrogen (secondary N) is 1. The summed E-state index contributed by atoms with van der Waals surface area (Å²) in [7, 11) is 8.02. The van der Waals surface area contributed by atoms with Crippen molar-refractivity contribution in [2.75, 3.05) is 33.5 Å². The first-order chi connectivity index (χ1) is 10.8. The Kier molecular flexibility index (Phi) is 5.49. The van der Waals surface area contributed by atoms with E-state index in [-0.39, 0.29) is 12.0 Å². The van der Waals surface area contributed by atoms with Crippen molar-refractivity contribution in [1.29, 1.82) is 0 Å². The van der Waals surface area contributed by atoms with E-state index in [9.17, 15) is 0 Å². The second-order valence-corrected chi connectivity index (χ2v) is 6.46. The van der Waals surface area contributed by atoms with E-state index in [1.807, 2.05) is 50.5 Å². The van der Waals surface area contributed by atoms with E-state index in [0.717, 1.165) is 11.4 Å². The number of rotatable bonds is 5. The molecule has 0 saturated heterocycles. The lowest BCUT2D eigenvalue weighted by Crippen LogP contribution is -2.34. The highest BCUT2D eigenvalue weighted by Crippen LogP contribution is 2.25. The zero-order valence-electron chi connectivity index (χ0n) is 14.6. The quantitative estimate of drug-likeness (QED) is 0.892. The molecule has 23 heavy (non-hydrogen) atoms. The minimum Gasteiger partial charge on any atom is -0.384 e. The molecule has 0 saturated carbocycles. The van der Waals surface area contributed by atoms with Crippen LogP contribution in [0.5, 0.6) is 0 Å². The molecule has 1 N–H and O–H groups in total. The van der Waals surface area contributed by atoms with Crippen LogP contribution in [0.25, 0.3) is 0 Å². The van der Waals surface area contributed by atoms with Crippen molar-refractivity contribution < 1.29 is 0 Å². The van der Waals surface area contributed by atoms with Crippen molar-refractivity contribution in [1.82, 2.24) is 24.9 Å². The smallest absolute Gasteiger partial charge is 0.227 e. The number of nitrogens with zero attached hydrogens (tertiary/aromatic N) is 5. The highest BCUT2D eigenvalue weighted by molar-refractivity contribution is 6.31. The minimum absolute atomic E-state index is 0.105. The topological polar surface area (TPSA) is 47.5 Å². The predicted molar refractivity (Wildman–Crippen MR) is 95.0 cm³/mol. The van der Waals surface area contributed by atoms with Gasteiger partial charge in [0.05, 0.1) is 28.7 Å². The molecular formula is C16H25ClN6. The second kappa shape index (κ2) is 7.19. The van der Waals surface area contributed by atoms with Crippen LogP contribution < -0.4 is 5.32 Å². The van der Waals surface area contributed by atoms with Crippen molar-refractivity contribution in [2.24, 2.45) is 0 Å². The highest BCUT2D eigenvalue weighted by Gasteiger charge is 2.24. The minimum atomic E-state index is 0.105. The molecule has 6 nitrogen and oxygen atoms in total. The molecule has 1 aromatic heterocycles. The zero-order valence-corrected chi connectivity index (χ0v) is 15.3. The Hall–Kier alpha value is -1.79. The Morgan fingerprint density at radius 3 is 2.65 bits per heavy atom. The molecule has 1 aliphatic rings. The van der Waals surface area contributed by atoms with Crippen LogP contribution in [0.15, 0.2) is 30.4 Å². The first-order valence-electron chi connectivity index (χ1n) is 7.61. The molecule has 1 aromatic rings. The summed E-state index contributed by atoms with van der Waals surface area (Å²) in [5.41, 5.74) is 1.87. The number of hydrogen-bond acceptors (Lipinski definition) is 6. The van der Waals surface area contributed by atoms with Gasteiger partial charge in [-0.15, -0.1) is 0 Å². The molecule has 0 spiro atoms. The fourth-order valence-corrected chi connectivity index (χ4v) is 2.56. The molecule has 0 aliphatic carbocycles. The average Bonchev–Trinajstić information content (AvgIpc) is 2.74. The van der Waals surface area contributed by atoms with Crippen molar-refractivity contribution in [3.05, 3.63) is 41.1 Å². The zero-order chi connectivity index (χ0) is 17.1. The highest BCUT2D eigenvalue weighted by atomic mass is 35.5. The normalized spacial score (nSPS) is 20.0. The first-order valence-corrected chi connectivity index (χ1v) is 7.99. The van der Waals surface area contributed by atoms with Crippen LogP contribution >= 0.6 is 11.6 Å². The van der Waals surface area contributed by atoms with E-state index in [1.165, 1.54) is 0 Å². The summed E-state index contributed by atoms with van der Waals surface area (Å²) in [5.74, 6) is 0.671. The fraction of sp³-hybridized carbons (Fsp3) is 0.500. The van der Waals surface area contributed by atoms with Gasteiger partial charge in [-0.1, -0.05) is 24.6 Å². The molecule has 1 aliphatic heterocycles. The Morgan fingerprint density at radius 2 is 2.09 bits per heavy atom. The number of likely N-dealkylation sites (N-methyl/N-ethyl adjacent to an activating group) is 1. The van der Waals surface area contributed by atoms with E-state index in [0.29, 0.717) is 11.0 Å². The standard InChI is InChI=1S/C16H25ClN6/c1-11(7-8-21(3)4)15-13(17)9-18-16(20-15)19-14-10-22(5)23(6)12(14)2/h7-12H,1-6H3,(H,18,19,20)/b8-7-. The van der Waals surface area contributed by atoms with E-state index < -0.39 is 0 Å². The molecule has 2 unspecified atom stereocenters. The maximum atomic E-state index is 6.27. The third-order valence-corrected chi connectivity index (χ3v) is 4.26. The van der Waals surface area contributed by atoms with Crippen molar-refractivity contribution in [3.63, 3.8) is 0 Å². The van der Waals surface area contributed by atoms with Gasteiger partial charge in [0.15, 0.2) is 0 Å². The molecule has 0 radical (unpaired) electrons.